The molecule has 1 amide bonds. The number of halogens is 1. The number of amides is 1. The summed E-state index contributed by atoms with van der Waals surface area (Å²) in [7, 11) is 0. The molecule has 0 unspecified atom stereocenters. The summed E-state index contributed by atoms with van der Waals surface area (Å²) in [6.45, 7) is 3.88. The van der Waals surface area contributed by atoms with Crippen LogP contribution in [-0.2, 0) is 21.5 Å². The zero-order valence-electron chi connectivity index (χ0n) is 18.4. The summed E-state index contributed by atoms with van der Waals surface area (Å²) in [5.41, 5.74) is 11.5. The van der Waals surface area contributed by atoms with Crippen molar-refractivity contribution in [1.29, 1.82) is 0 Å². The number of nitrogens with one attached hydrogen (secondary N) is 1. The first kappa shape index (κ1) is 24.4. The Morgan fingerprint density at radius 2 is 1.97 bits per heavy atom. The fourth-order valence-corrected chi connectivity index (χ4v) is 3.85. The van der Waals surface area contributed by atoms with Crippen LogP contribution in [0.5, 0.6) is 17.2 Å². The molecular weight excluding hydrogens is 433 g/mol. The lowest BCUT2D eigenvalue weighted by Gasteiger charge is -2.37. The fourth-order valence-electron chi connectivity index (χ4n) is 3.85. The number of carbonyl (C=O) groups excluding carboxylic acids is 1. The van der Waals surface area contributed by atoms with E-state index in [0.717, 1.165) is 23.3 Å². The van der Waals surface area contributed by atoms with E-state index < -0.39 is 28.8 Å². The highest BCUT2D eigenvalue weighted by atomic mass is 19.1. The van der Waals surface area contributed by atoms with Gasteiger partial charge in [0.15, 0.2) is 11.5 Å². The third-order valence-electron chi connectivity index (χ3n) is 5.35. The molecule has 0 saturated heterocycles. The molecule has 0 saturated carbocycles. The second kappa shape index (κ2) is 10.6. The lowest BCUT2D eigenvalue weighted by molar-refractivity contribution is -0.119. The lowest BCUT2D eigenvalue weighted by Crippen LogP contribution is -2.47. The van der Waals surface area contributed by atoms with E-state index in [1.165, 1.54) is 6.07 Å². The van der Waals surface area contributed by atoms with E-state index in [4.69, 9.17) is 30.8 Å². The van der Waals surface area contributed by atoms with Crippen LogP contribution in [0.25, 0.3) is 0 Å². The number of hydrogen-bond acceptors (Lipinski definition) is 7. The minimum atomic E-state index is -1.37. The minimum Gasteiger partial charge on any atom is -0.487 e. The summed E-state index contributed by atoms with van der Waals surface area (Å²) >= 11 is 0. The van der Waals surface area contributed by atoms with E-state index in [0.29, 0.717) is 38.5 Å². The Morgan fingerprint density at radius 3 is 2.64 bits per heavy atom. The highest BCUT2D eigenvalue weighted by Crippen LogP contribution is 2.41. The molecule has 1 aliphatic heterocycles. The van der Waals surface area contributed by atoms with Gasteiger partial charge in [-0.3, -0.25) is 4.79 Å². The lowest BCUT2D eigenvalue weighted by atomic mass is 9.81. The molecule has 3 rings (SSSR count). The van der Waals surface area contributed by atoms with Crippen LogP contribution in [0.1, 0.15) is 34.8 Å². The SMILES string of the molecule is C[C@]1(CC(N)=O)NCCc2cc(OCCOCCN)c(Oc3ccc(C(=O)O)c(F)c3)cc21. The average Bonchev–Trinajstić information content (AvgIpc) is 2.73. The van der Waals surface area contributed by atoms with Gasteiger partial charge in [0.25, 0.3) is 0 Å². The molecule has 2 aromatic rings. The third kappa shape index (κ3) is 5.98. The zero-order chi connectivity index (χ0) is 24.0. The van der Waals surface area contributed by atoms with Crippen LogP contribution in [0, 0.1) is 5.82 Å². The van der Waals surface area contributed by atoms with Crippen molar-refractivity contribution in [3.8, 4) is 17.2 Å². The van der Waals surface area contributed by atoms with Gasteiger partial charge in [0.1, 0.15) is 18.2 Å². The first-order valence-electron chi connectivity index (χ1n) is 10.6. The van der Waals surface area contributed by atoms with E-state index in [1.807, 2.05) is 13.0 Å². The van der Waals surface area contributed by atoms with Gasteiger partial charge in [0, 0.05) is 31.1 Å². The molecule has 0 radical (unpaired) electrons. The van der Waals surface area contributed by atoms with Crippen LogP contribution in [0.2, 0.25) is 0 Å². The maximum atomic E-state index is 14.2. The molecule has 1 aliphatic rings. The van der Waals surface area contributed by atoms with Gasteiger partial charge in [-0.1, -0.05) is 0 Å². The normalized spacial score (nSPS) is 17.3. The third-order valence-corrected chi connectivity index (χ3v) is 5.35. The number of nitrogens with two attached hydrogens (primary N) is 2. The van der Waals surface area contributed by atoms with E-state index in [1.54, 1.807) is 6.07 Å². The van der Waals surface area contributed by atoms with E-state index >= 15 is 0 Å². The van der Waals surface area contributed by atoms with Crippen molar-refractivity contribution >= 4 is 11.9 Å². The summed E-state index contributed by atoms with van der Waals surface area (Å²) in [4.78, 5) is 22.8. The number of ether oxygens (including phenoxy) is 3. The number of aromatic carboxylic acids is 1. The Labute approximate surface area is 190 Å². The van der Waals surface area contributed by atoms with Crippen LogP contribution in [0.3, 0.4) is 0 Å². The Morgan fingerprint density at radius 1 is 1.18 bits per heavy atom. The molecule has 0 aromatic heterocycles. The van der Waals surface area contributed by atoms with Gasteiger partial charge < -0.3 is 36.1 Å². The van der Waals surface area contributed by atoms with Gasteiger partial charge in [-0.2, -0.15) is 0 Å². The molecule has 0 fully saturated rings. The number of primary amides is 1. The highest BCUT2D eigenvalue weighted by molar-refractivity contribution is 5.88. The number of carboxylic acid groups (broad SMARTS) is 1. The molecular formula is C23H28FN3O6. The zero-order valence-corrected chi connectivity index (χ0v) is 18.4. The smallest absolute Gasteiger partial charge is 0.338 e. The predicted molar refractivity (Wildman–Crippen MR) is 118 cm³/mol. The Balaban J connectivity index is 1.96. The summed E-state index contributed by atoms with van der Waals surface area (Å²) in [5, 5.41) is 12.4. The van der Waals surface area contributed by atoms with Crippen molar-refractivity contribution in [2.24, 2.45) is 11.5 Å². The van der Waals surface area contributed by atoms with Gasteiger partial charge in [-0.25, -0.2) is 9.18 Å². The molecule has 0 aliphatic carbocycles. The monoisotopic (exact) mass is 461 g/mol. The Kier molecular flexibility index (Phi) is 7.85. The number of hydrogen-bond donors (Lipinski definition) is 4. The summed E-state index contributed by atoms with van der Waals surface area (Å²) < 4.78 is 31.3. The van der Waals surface area contributed by atoms with Gasteiger partial charge in [-0.05, 0) is 48.7 Å². The molecule has 2 aromatic carbocycles. The fraction of sp³-hybridized carbons (Fsp3) is 0.391. The number of fused-ring (bicyclic) bond motifs is 1. The van der Waals surface area contributed by atoms with E-state index in [-0.39, 0.29) is 24.5 Å². The van der Waals surface area contributed by atoms with E-state index in [2.05, 4.69) is 5.32 Å². The molecule has 178 valence electrons. The van der Waals surface area contributed by atoms with Crippen molar-refractivity contribution in [3.63, 3.8) is 0 Å². The van der Waals surface area contributed by atoms with Crippen LogP contribution < -0.4 is 26.3 Å². The first-order valence-corrected chi connectivity index (χ1v) is 10.6. The highest BCUT2D eigenvalue weighted by Gasteiger charge is 2.34. The number of rotatable bonds is 11. The van der Waals surface area contributed by atoms with Gasteiger partial charge in [0.2, 0.25) is 5.91 Å². The van der Waals surface area contributed by atoms with Crippen LogP contribution in [0.15, 0.2) is 30.3 Å². The van der Waals surface area contributed by atoms with E-state index in [9.17, 15) is 14.0 Å². The topological polar surface area (TPSA) is 146 Å². The standard InChI is InChI=1S/C23H28FN3O6/c1-23(13-21(26)28)17-12-20(33-15-2-3-16(22(29)30)18(24)11-15)19(10-14(17)4-6-27-23)32-9-8-31-7-5-25/h2-3,10-12,27H,4-9,13,25H2,1H3,(H2,26,28)(H,29,30)/t23-/m1/s1. The van der Waals surface area contributed by atoms with Gasteiger partial charge in [-0.15, -0.1) is 0 Å². The number of benzene rings is 2. The van der Waals surface area contributed by atoms with Crippen molar-refractivity contribution in [3.05, 3.63) is 52.8 Å². The molecule has 1 heterocycles. The Hall–Kier alpha value is -3.21. The van der Waals surface area contributed by atoms with Crippen molar-refractivity contribution < 1.29 is 33.3 Å². The van der Waals surface area contributed by atoms with Crippen LogP contribution in [0.4, 0.5) is 4.39 Å². The summed E-state index contributed by atoms with van der Waals surface area (Å²) in [6.07, 6.45) is 0.778. The molecule has 9 nitrogen and oxygen atoms in total. The van der Waals surface area contributed by atoms with Crippen molar-refractivity contribution in [1.82, 2.24) is 5.32 Å². The van der Waals surface area contributed by atoms with Gasteiger partial charge in [0.05, 0.1) is 18.8 Å². The first-order chi connectivity index (χ1) is 15.7. The van der Waals surface area contributed by atoms with Crippen molar-refractivity contribution in [2.75, 3.05) is 32.9 Å². The maximum Gasteiger partial charge on any atom is 0.338 e. The largest absolute Gasteiger partial charge is 0.487 e. The summed E-state index contributed by atoms with van der Waals surface area (Å²) in [5.74, 6) is -1.95. The van der Waals surface area contributed by atoms with Crippen LogP contribution in [-0.4, -0.2) is 49.9 Å². The molecule has 0 bridgehead atoms. The van der Waals surface area contributed by atoms with Crippen LogP contribution >= 0.6 is 0 Å². The molecule has 1 atom stereocenters. The molecule has 0 spiro atoms. The number of carbonyl (C=O) groups is 2. The molecule has 10 heteroatoms. The van der Waals surface area contributed by atoms with Gasteiger partial charge >= 0.3 is 5.97 Å². The predicted octanol–water partition coefficient (Wildman–Crippen LogP) is 1.91. The molecule has 6 N–H and O–H groups in total. The Bertz CT molecular complexity index is 1030. The van der Waals surface area contributed by atoms with Crippen molar-refractivity contribution in [2.45, 2.75) is 25.3 Å². The molecule has 33 heavy (non-hydrogen) atoms. The number of carboxylic acids is 1. The quantitative estimate of drug-likeness (QED) is 0.371. The maximum absolute atomic E-state index is 14.2. The average molecular weight is 461 g/mol. The summed E-state index contributed by atoms with van der Waals surface area (Å²) in [6, 6.07) is 7.06. The second-order valence-electron chi connectivity index (χ2n) is 7.91. The second-order valence-corrected chi connectivity index (χ2v) is 7.91. The minimum absolute atomic E-state index is 0.0779.